The van der Waals surface area contributed by atoms with E-state index in [1.54, 1.807) is 0 Å². The first-order valence-corrected chi connectivity index (χ1v) is 11.6. The van der Waals surface area contributed by atoms with Crippen molar-refractivity contribution in [3.8, 4) is 0 Å². The SMILES string of the molecule is CN=C(NCCN1CCN(c2cccc(C)c2C)CC1)N(C)CCC1CCOCC1. The second kappa shape index (κ2) is 11.6. The molecule has 0 unspecified atom stereocenters. The van der Waals surface area contributed by atoms with Crippen LogP contribution in [0.15, 0.2) is 23.2 Å². The summed E-state index contributed by atoms with van der Waals surface area (Å²) in [5, 5.41) is 3.56. The number of aryl methyl sites for hydroxylation is 1. The molecule has 0 atom stereocenters. The van der Waals surface area contributed by atoms with E-state index in [1.807, 2.05) is 7.05 Å². The van der Waals surface area contributed by atoms with Gasteiger partial charge in [-0.2, -0.15) is 0 Å². The monoisotopic (exact) mass is 415 g/mol. The van der Waals surface area contributed by atoms with E-state index in [0.717, 1.165) is 70.9 Å². The maximum absolute atomic E-state index is 5.47. The molecule has 2 heterocycles. The second-order valence-electron chi connectivity index (χ2n) is 8.79. The standard InChI is InChI=1S/C24H41N5O/c1-20-6-5-7-23(21(20)2)29-16-14-28(15-17-29)13-11-26-24(25-3)27(4)12-8-22-9-18-30-19-10-22/h5-7,22H,8-19H2,1-4H3,(H,25,26). The van der Waals surface area contributed by atoms with E-state index >= 15 is 0 Å². The van der Waals surface area contributed by atoms with Crippen molar-refractivity contribution in [1.82, 2.24) is 15.1 Å². The zero-order valence-corrected chi connectivity index (χ0v) is 19.5. The molecule has 30 heavy (non-hydrogen) atoms. The highest BCUT2D eigenvalue weighted by atomic mass is 16.5. The van der Waals surface area contributed by atoms with Crippen LogP contribution >= 0.6 is 0 Å². The van der Waals surface area contributed by atoms with E-state index in [-0.39, 0.29) is 0 Å². The van der Waals surface area contributed by atoms with Crippen LogP contribution in [0, 0.1) is 19.8 Å². The van der Waals surface area contributed by atoms with Gasteiger partial charge in [0.2, 0.25) is 0 Å². The van der Waals surface area contributed by atoms with Gasteiger partial charge in [0, 0.05) is 78.8 Å². The molecule has 3 rings (SSSR count). The molecule has 0 aromatic heterocycles. The average molecular weight is 416 g/mol. The van der Waals surface area contributed by atoms with Gasteiger partial charge in [-0.15, -0.1) is 0 Å². The van der Waals surface area contributed by atoms with Crippen molar-refractivity contribution < 1.29 is 4.74 Å². The Kier molecular flexibility index (Phi) is 8.82. The Morgan fingerprint density at radius 3 is 2.60 bits per heavy atom. The third-order valence-corrected chi connectivity index (χ3v) is 6.79. The maximum Gasteiger partial charge on any atom is 0.193 e. The Balaban J connectivity index is 1.36. The molecule has 168 valence electrons. The minimum Gasteiger partial charge on any atom is -0.381 e. The van der Waals surface area contributed by atoms with E-state index in [1.165, 1.54) is 36.1 Å². The summed E-state index contributed by atoms with van der Waals surface area (Å²) in [6.45, 7) is 13.8. The molecule has 0 amide bonds. The minimum atomic E-state index is 0.799. The predicted molar refractivity (Wildman–Crippen MR) is 127 cm³/mol. The number of piperazine rings is 1. The first-order chi connectivity index (χ1) is 14.6. The number of ether oxygens (including phenoxy) is 1. The molecule has 2 aliphatic heterocycles. The maximum atomic E-state index is 5.47. The first-order valence-electron chi connectivity index (χ1n) is 11.6. The number of guanidine groups is 1. The lowest BCUT2D eigenvalue weighted by Gasteiger charge is -2.37. The molecule has 2 fully saturated rings. The number of aliphatic imine (C=N–C) groups is 1. The van der Waals surface area contributed by atoms with Crippen LogP contribution in [0.25, 0.3) is 0 Å². The molecule has 0 bridgehead atoms. The normalized spacial score (nSPS) is 19.2. The highest BCUT2D eigenvalue weighted by Crippen LogP contribution is 2.23. The van der Waals surface area contributed by atoms with Gasteiger partial charge in [0.25, 0.3) is 0 Å². The summed E-state index contributed by atoms with van der Waals surface area (Å²) in [5.74, 6) is 1.81. The molecule has 2 aliphatic rings. The van der Waals surface area contributed by atoms with E-state index in [4.69, 9.17) is 4.74 Å². The van der Waals surface area contributed by atoms with Crippen molar-refractivity contribution in [2.75, 3.05) is 78.0 Å². The van der Waals surface area contributed by atoms with Gasteiger partial charge in [-0.05, 0) is 56.2 Å². The van der Waals surface area contributed by atoms with E-state index in [9.17, 15) is 0 Å². The number of nitrogens with zero attached hydrogens (tertiary/aromatic N) is 4. The molecule has 2 saturated heterocycles. The summed E-state index contributed by atoms with van der Waals surface area (Å²) in [4.78, 5) is 11.9. The van der Waals surface area contributed by atoms with Crippen LogP contribution in [0.2, 0.25) is 0 Å². The fourth-order valence-corrected chi connectivity index (χ4v) is 4.52. The quantitative estimate of drug-likeness (QED) is 0.548. The lowest BCUT2D eigenvalue weighted by atomic mass is 9.96. The number of nitrogens with one attached hydrogen (secondary N) is 1. The highest BCUT2D eigenvalue weighted by molar-refractivity contribution is 5.79. The summed E-state index contributed by atoms with van der Waals surface area (Å²) < 4.78 is 5.47. The van der Waals surface area contributed by atoms with Gasteiger partial charge >= 0.3 is 0 Å². The van der Waals surface area contributed by atoms with Crippen molar-refractivity contribution in [3.05, 3.63) is 29.3 Å². The molecule has 6 nitrogen and oxygen atoms in total. The van der Waals surface area contributed by atoms with E-state index in [0.29, 0.717) is 0 Å². The van der Waals surface area contributed by atoms with Gasteiger partial charge in [0.1, 0.15) is 0 Å². The Morgan fingerprint density at radius 1 is 1.17 bits per heavy atom. The zero-order valence-electron chi connectivity index (χ0n) is 19.5. The van der Waals surface area contributed by atoms with Crippen LogP contribution in [0.5, 0.6) is 0 Å². The third-order valence-electron chi connectivity index (χ3n) is 6.79. The lowest BCUT2D eigenvalue weighted by molar-refractivity contribution is 0.0625. The Labute approximate surface area is 183 Å². The van der Waals surface area contributed by atoms with E-state index in [2.05, 4.69) is 64.1 Å². The molecule has 1 aromatic carbocycles. The molecule has 0 saturated carbocycles. The number of benzene rings is 1. The highest BCUT2D eigenvalue weighted by Gasteiger charge is 2.19. The predicted octanol–water partition coefficient (Wildman–Crippen LogP) is 2.75. The summed E-state index contributed by atoms with van der Waals surface area (Å²) in [5.41, 5.74) is 4.20. The molecule has 0 aliphatic carbocycles. The largest absolute Gasteiger partial charge is 0.381 e. The fraction of sp³-hybridized carbons (Fsp3) is 0.708. The minimum absolute atomic E-state index is 0.799. The molecule has 0 spiro atoms. The Hall–Kier alpha value is -1.79. The van der Waals surface area contributed by atoms with Crippen LogP contribution in [0.1, 0.15) is 30.4 Å². The first kappa shape index (κ1) is 22.9. The molecule has 6 heteroatoms. The number of rotatable bonds is 7. The van der Waals surface area contributed by atoms with Crippen LogP contribution in [-0.4, -0.2) is 88.9 Å². The average Bonchev–Trinajstić information content (AvgIpc) is 2.78. The molecule has 1 aromatic rings. The van der Waals surface area contributed by atoms with Gasteiger partial charge in [0.05, 0.1) is 0 Å². The van der Waals surface area contributed by atoms with Crippen LogP contribution in [0.3, 0.4) is 0 Å². The summed E-state index contributed by atoms with van der Waals surface area (Å²) in [6.07, 6.45) is 3.63. The van der Waals surface area contributed by atoms with Crippen LogP contribution in [0.4, 0.5) is 5.69 Å². The van der Waals surface area contributed by atoms with Crippen molar-refractivity contribution >= 4 is 11.6 Å². The van der Waals surface area contributed by atoms with Gasteiger partial charge in [0.15, 0.2) is 5.96 Å². The topological polar surface area (TPSA) is 43.3 Å². The van der Waals surface area contributed by atoms with Crippen molar-refractivity contribution in [1.29, 1.82) is 0 Å². The third kappa shape index (κ3) is 6.35. The van der Waals surface area contributed by atoms with Gasteiger partial charge in [-0.3, -0.25) is 9.89 Å². The molecular weight excluding hydrogens is 374 g/mol. The van der Waals surface area contributed by atoms with Gasteiger partial charge in [-0.25, -0.2) is 0 Å². The van der Waals surface area contributed by atoms with Gasteiger partial charge < -0.3 is 19.9 Å². The van der Waals surface area contributed by atoms with Gasteiger partial charge in [-0.1, -0.05) is 12.1 Å². The number of hydrogen-bond acceptors (Lipinski definition) is 4. The van der Waals surface area contributed by atoms with Crippen molar-refractivity contribution in [2.24, 2.45) is 10.9 Å². The fourth-order valence-electron chi connectivity index (χ4n) is 4.52. The lowest BCUT2D eigenvalue weighted by Crippen LogP contribution is -2.49. The van der Waals surface area contributed by atoms with Crippen molar-refractivity contribution in [2.45, 2.75) is 33.1 Å². The van der Waals surface area contributed by atoms with Crippen LogP contribution < -0.4 is 10.2 Å². The number of anilines is 1. The molecular formula is C24H41N5O. The summed E-state index contributed by atoms with van der Waals surface area (Å²) in [7, 11) is 4.04. The summed E-state index contributed by atoms with van der Waals surface area (Å²) in [6, 6.07) is 6.64. The van der Waals surface area contributed by atoms with E-state index < -0.39 is 0 Å². The smallest absolute Gasteiger partial charge is 0.193 e. The molecule has 0 radical (unpaired) electrons. The number of hydrogen-bond donors (Lipinski definition) is 1. The van der Waals surface area contributed by atoms with Crippen molar-refractivity contribution in [3.63, 3.8) is 0 Å². The Bertz CT molecular complexity index is 678. The van der Waals surface area contributed by atoms with Crippen LogP contribution in [-0.2, 0) is 4.74 Å². The molecule has 1 N–H and O–H groups in total. The second-order valence-corrected chi connectivity index (χ2v) is 8.79. The summed E-state index contributed by atoms with van der Waals surface area (Å²) >= 11 is 0. The zero-order chi connectivity index (χ0) is 21.3. The Morgan fingerprint density at radius 2 is 1.90 bits per heavy atom.